The van der Waals surface area contributed by atoms with E-state index >= 15 is 0 Å². The second-order valence-electron chi connectivity index (χ2n) is 7.14. The molecule has 0 spiro atoms. The van der Waals surface area contributed by atoms with E-state index in [1.54, 1.807) is 42.5 Å². The van der Waals surface area contributed by atoms with Crippen LogP contribution in [0.5, 0.6) is 11.5 Å². The monoisotopic (exact) mass is 655 g/mol. The number of rotatable bonds is 7. The molecule has 0 aliphatic carbocycles. The van der Waals surface area contributed by atoms with Gasteiger partial charge in [0.2, 0.25) is 5.90 Å². The van der Waals surface area contributed by atoms with Crippen LogP contribution in [0.1, 0.15) is 23.6 Å². The first kappa shape index (κ1) is 24.7. The Morgan fingerprint density at radius 1 is 1.18 bits per heavy atom. The minimum absolute atomic E-state index is 0.132. The lowest BCUT2D eigenvalue weighted by molar-refractivity contribution is -0.129. The van der Waals surface area contributed by atoms with Crippen LogP contribution in [0.15, 0.2) is 69.8 Å². The number of halogens is 4. The van der Waals surface area contributed by atoms with Crippen LogP contribution < -0.4 is 9.47 Å². The summed E-state index contributed by atoms with van der Waals surface area (Å²) in [6.45, 7) is 2.41. The summed E-state index contributed by atoms with van der Waals surface area (Å²) >= 11 is 11.9. The molecule has 0 saturated carbocycles. The van der Waals surface area contributed by atoms with E-state index in [-0.39, 0.29) is 24.0 Å². The topological polar surface area (TPSA) is 57.1 Å². The van der Waals surface area contributed by atoms with Gasteiger partial charge < -0.3 is 14.2 Å². The molecule has 0 fully saturated rings. The van der Waals surface area contributed by atoms with E-state index in [0.717, 1.165) is 3.57 Å². The third-order valence-electron chi connectivity index (χ3n) is 4.69. The fraction of sp³-hybridized carbons (Fsp3) is 0.120. The number of carbonyl (C=O) groups excluding carboxylic acids is 1. The van der Waals surface area contributed by atoms with E-state index in [2.05, 4.69) is 43.5 Å². The highest BCUT2D eigenvalue weighted by atomic mass is 127. The Hall–Kier alpha value is -2.43. The van der Waals surface area contributed by atoms with E-state index in [1.165, 1.54) is 12.1 Å². The molecule has 0 bridgehead atoms. The third kappa shape index (κ3) is 5.79. The van der Waals surface area contributed by atoms with E-state index in [1.807, 2.05) is 13.0 Å². The average Bonchev–Trinajstić information content (AvgIpc) is 3.15. The smallest absolute Gasteiger partial charge is 0.363 e. The van der Waals surface area contributed by atoms with Crippen molar-refractivity contribution in [3.8, 4) is 11.5 Å². The largest absolute Gasteiger partial charge is 0.490 e. The van der Waals surface area contributed by atoms with Gasteiger partial charge in [0, 0.05) is 3.57 Å². The Morgan fingerprint density at radius 3 is 2.76 bits per heavy atom. The molecule has 3 aromatic carbocycles. The number of esters is 1. The number of hydrogen-bond acceptors (Lipinski definition) is 5. The molecule has 0 aromatic heterocycles. The second kappa shape index (κ2) is 10.9. The molecule has 0 atom stereocenters. The lowest BCUT2D eigenvalue weighted by atomic mass is 10.1. The first-order chi connectivity index (χ1) is 16.3. The van der Waals surface area contributed by atoms with Crippen LogP contribution in [0.25, 0.3) is 6.08 Å². The van der Waals surface area contributed by atoms with Crippen molar-refractivity contribution in [1.29, 1.82) is 0 Å². The highest BCUT2D eigenvalue weighted by Gasteiger charge is 2.26. The van der Waals surface area contributed by atoms with Gasteiger partial charge in [-0.1, -0.05) is 23.7 Å². The summed E-state index contributed by atoms with van der Waals surface area (Å²) < 4.78 is 32.0. The number of aliphatic imine (C=N–C) groups is 1. The molecule has 1 heterocycles. The van der Waals surface area contributed by atoms with Crippen LogP contribution in [0.3, 0.4) is 0 Å². The van der Waals surface area contributed by atoms with Gasteiger partial charge in [-0.05, 0) is 105 Å². The maximum atomic E-state index is 13.5. The third-order valence-corrected chi connectivity index (χ3v) is 6.28. The summed E-state index contributed by atoms with van der Waals surface area (Å²) in [6.07, 6.45) is 1.60. The van der Waals surface area contributed by atoms with Gasteiger partial charge in [0.15, 0.2) is 17.2 Å². The number of cyclic esters (lactones) is 1. The lowest BCUT2D eigenvalue weighted by Crippen LogP contribution is -2.06. The van der Waals surface area contributed by atoms with Gasteiger partial charge in [-0.3, -0.25) is 0 Å². The number of hydrogen-bond donors (Lipinski definition) is 0. The predicted octanol–water partition coefficient (Wildman–Crippen LogP) is 7.17. The minimum atomic E-state index is -0.578. The second-order valence-corrected chi connectivity index (χ2v) is 9.65. The maximum absolute atomic E-state index is 13.5. The van der Waals surface area contributed by atoms with Crippen LogP contribution in [-0.4, -0.2) is 18.5 Å². The van der Waals surface area contributed by atoms with E-state index in [9.17, 15) is 9.18 Å². The molecule has 0 unspecified atom stereocenters. The van der Waals surface area contributed by atoms with Crippen molar-refractivity contribution in [2.24, 2.45) is 4.99 Å². The van der Waals surface area contributed by atoms with Crippen molar-refractivity contribution in [1.82, 2.24) is 0 Å². The number of carbonyl (C=O) groups is 1. The Kier molecular flexibility index (Phi) is 7.90. The minimum Gasteiger partial charge on any atom is -0.490 e. The molecule has 0 radical (unpaired) electrons. The normalized spacial score (nSPS) is 14.2. The standard InChI is InChI=1S/C25H17BrClFINO4/c1-2-32-22-11-15(9-19(26)23(22)33-13-14-4-3-5-16(28)8-14)10-21-25(31)34-24(30-21)18-12-17(29)6-7-20(18)27/h3-12H,2,13H2,1H3/b21-10-. The van der Waals surface area contributed by atoms with E-state index in [4.69, 9.17) is 25.8 Å². The summed E-state index contributed by atoms with van der Waals surface area (Å²) in [5.74, 6) is 0.180. The van der Waals surface area contributed by atoms with Crippen LogP contribution in [-0.2, 0) is 16.1 Å². The SMILES string of the molecule is CCOc1cc(/C=C2\N=C(c3cc(I)ccc3Cl)OC2=O)cc(Br)c1OCc1cccc(F)c1. The van der Waals surface area contributed by atoms with Crippen LogP contribution in [0.2, 0.25) is 5.02 Å². The molecular formula is C25H17BrClFINO4. The molecule has 9 heteroatoms. The molecule has 1 aliphatic rings. The molecule has 0 N–H and O–H groups in total. The number of nitrogens with zero attached hydrogens (tertiary/aromatic N) is 1. The van der Waals surface area contributed by atoms with Crippen molar-refractivity contribution in [3.63, 3.8) is 0 Å². The van der Waals surface area contributed by atoms with Crippen molar-refractivity contribution < 1.29 is 23.4 Å². The Morgan fingerprint density at radius 2 is 2.00 bits per heavy atom. The molecule has 34 heavy (non-hydrogen) atoms. The molecule has 1 aliphatic heterocycles. The van der Waals surface area contributed by atoms with Crippen molar-refractivity contribution >= 4 is 68.1 Å². The number of benzene rings is 3. The van der Waals surface area contributed by atoms with Gasteiger partial charge in [-0.25, -0.2) is 14.2 Å². The zero-order valence-electron chi connectivity index (χ0n) is 17.8. The summed E-state index contributed by atoms with van der Waals surface area (Å²) in [5.41, 5.74) is 2.01. The summed E-state index contributed by atoms with van der Waals surface area (Å²) in [4.78, 5) is 16.8. The van der Waals surface area contributed by atoms with Crippen molar-refractivity contribution in [2.75, 3.05) is 6.61 Å². The fourth-order valence-electron chi connectivity index (χ4n) is 3.20. The first-order valence-corrected chi connectivity index (χ1v) is 12.4. The highest BCUT2D eigenvalue weighted by molar-refractivity contribution is 14.1. The van der Waals surface area contributed by atoms with Gasteiger partial charge in [0.25, 0.3) is 0 Å². The zero-order chi connectivity index (χ0) is 24.2. The fourth-order valence-corrected chi connectivity index (χ4v) is 4.46. The molecule has 174 valence electrons. The zero-order valence-corrected chi connectivity index (χ0v) is 22.3. The van der Waals surface area contributed by atoms with Crippen LogP contribution in [0, 0.1) is 9.39 Å². The number of ether oxygens (including phenoxy) is 3. The molecule has 3 aromatic rings. The summed E-state index contributed by atoms with van der Waals surface area (Å²) in [6, 6.07) is 15.1. The average molecular weight is 657 g/mol. The molecule has 5 nitrogen and oxygen atoms in total. The van der Waals surface area contributed by atoms with Crippen LogP contribution in [0.4, 0.5) is 4.39 Å². The Balaban J connectivity index is 1.63. The van der Waals surface area contributed by atoms with E-state index in [0.29, 0.717) is 44.3 Å². The van der Waals surface area contributed by atoms with E-state index < -0.39 is 5.97 Å². The molecular weight excluding hydrogens is 640 g/mol. The Labute approximate surface area is 222 Å². The van der Waals surface area contributed by atoms with Gasteiger partial charge in [-0.2, -0.15) is 0 Å². The first-order valence-electron chi connectivity index (χ1n) is 10.2. The quantitative estimate of drug-likeness (QED) is 0.154. The molecule has 0 saturated heterocycles. The maximum Gasteiger partial charge on any atom is 0.363 e. The van der Waals surface area contributed by atoms with Crippen LogP contribution >= 0.6 is 50.1 Å². The van der Waals surface area contributed by atoms with Crippen molar-refractivity contribution in [3.05, 3.63) is 95.9 Å². The summed E-state index contributed by atoms with van der Waals surface area (Å²) in [5, 5.41) is 0.439. The summed E-state index contributed by atoms with van der Waals surface area (Å²) in [7, 11) is 0. The van der Waals surface area contributed by atoms with Gasteiger partial charge >= 0.3 is 5.97 Å². The molecule has 0 amide bonds. The lowest BCUT2D eigenvalue weighted by Gasteiger charge is -2.15. The highest BCUT2D eigenvalue weighted by Crippen LogP contribution is 2.38. The van der Waals surface area contributed by atoms with Gasteiger partial charge in [-0.15, -0.1) is 0 Å². The van der Waals surface area contributed by atoms with Gasteiger partial charge in [0.05, 0.1) is 21.7 Å². The Bertz CT molecular complexity index is 1330. The predicted molar refractivity (Wildman–Crippen MR) is 141 cm³/mol. The van der Waals surface area contributed by atoms with Gasteiger partial charge in [0.1, 0.15) is 12.4 Å². The molecule has 4 rings (SSSR count). The van der Waals surface area contributed by atoms with Crippen molar-refractivity contribution in [2.45, 2.75) is 13.5 Å².